The van der Waals surface area contributed by atoms with Crippen molar-refractivity contribution in [3.05, 3.63) is 59.3 Å². The molecule has 1 aromatic carbocycles. The number of nitrogens with one attached hydrogen (secondary N) is 1. The zero-order valence-corrected chi connectivity index (χ0v) is 17.9. The number of benzene rings is 1. The number of carbonyl (C=O) groups is 3. The van der Waals surface area contributed by atoms with Gasteiger partial charge in [-0.3, -0.25) is 14.5 Å². The van der Waals surface area contributed by atoms with E-state index in [1.807, 2.05) is 6.07 Å². The number of thioether (sulfide) groups is 1. The summed E-state index contributed by atoms with van der Waals surface area (Å²) in [4.78, 5) is 37.5. The van der Waals surface area contributed by atoms with Gasteiger partial charge in [-0.15, -0.1) is 11.8 Å². The maximum Gasteiger partial charge on any atom is 1.00 e. The molecule has 2 heterocycles. The van der Waals surface area contributed by atoms with Crippen LogP contribution in [-0.2, 0) is 14.4 Å². The standard InChI is InChI=1S/C18H19N3O4S.Na/c1-2-6-11-9-26-17-13(16(23)21(17)14(11)18(24)25)20-15(22)12(19)10-7-4-3-5-8-10;/h2-8,12-13,17H,9,19H2,1H3,(H,20,22)(H,24,25);/q;+1/p-1/b6-2-;/t12?,13-,17+;/m1./s1. The molecule has 0 aliphatic carbocycles. The molecule has 136 valence electrons. The third-order valence-corrected chi connectivity index (χ3v) is 5.60. The van der Waals surface area contributed by atoms with Gasteiger partial charge in [0, 0.05) is 5.75 Å². The number of carboxylic acid groups (broad SMARTS) is 1. The average molecular weight is 395 g/mol. The van der Waals surface area contributed by atoms with Crippen LogP contribution >= 0.6 is 11.8 Å². The van der Waals surface area contributed by atoms with Crippen LogP contribution < -0.4 is 45.7 Å². The summed E-state index contributed by atoms with van der Waals surface area (Å²) >= 11 is 1.39. The van der Waals surface area contributed by atoms with Crippen molar-refractivity contribution < 1.29 is 49.0 Å². The van der Waals surface area contributed by atoms with Crippen molar-refractivity contribution in [2.75, 3.05) is 5.75 Å². The van der Waals surface area contributed by atoms with E-state index in [0.717, 1.165) is 0 Å². The molecule has 0 radical (unpaired) electrons. The van der Waals surface area contributed by atoms with Gasteiger partial charge >= 0.3 is 29.6 Å². The van der Waals surface area contributed by atoms with Gasteiger partial charge in [-0.05, 0) is 18.1 Å². The van der Waals surface area contributed by atoms with Gasteiger partial charge in [0.1, 0.15) is 17.5 Å². The number of amides is 2. The molecule has 2 aliphatic rings. The van der Waals surface area contributed by atoms with Crippen LogP contribution in [0.25, 0.3) is 0 Å². The Kier molecular flexibility index (Phi) is 7.30. The van der Waals surface area contributed by atoms with E-state index in [-0.39, 0.29) is 35.3 Å². The molecular weight excluding hydrogens is 377 g/mol. The fraction of sp³-hybridized carbons (Fsp3) is 0.278. The van der Waals surface area contributed by atoms with Crippen LogP contribution in [0.5, 0.6) is 0 Å². The number of β-lactam (4-membered cyclic amide) rings is 1. The molecule has 1 unspecified atom stereocenters. The summed E-state index contributed by atoms with van der Waals surface area (Å²) in [6, 6.07) is 7.12. The third-order valence-electron chi connectivity index (χ3n) is 4.30. The fourth-order valence-corrected chi connectivity index (χ4v) is 4.33. The van der Waals surface area contributed by atoms with E-state index in [2.05, 4.69) is 5.32 Å². The van der Waals surface area contributed by atoms with E-state index in [1.54, 1.807) is 43.3 Å². The van der Waals surface area contributed by atoms with Crippen LogP contribution in [0.2, 0.25) is 0 Å². The van der Waals surface area contributed by atoms with Crippen LogP contribution in [0.15, 0.2) is 53.8 Å². The van der Waals surface area contributed by atoms with Crippen molar-refractivity contribution >= 4 is 29.5 Å². The first kappa shape index (κ1) is 21.7. The Bertz CT molecular complexity index is 812. The monoisotopic (exact) mass is 395 g/mol. The zero-order valence-electron chi connectivity index (χ0n) is 15.0. The number of carbonyl (C=O) groups excluding carboxylic acids is 3. The quantitative estimate of drug-likeness (QED) is 0.398. The largest absolute Gasteiger partial charge is 1.00 e. The maximum atomic E-state index is 12.5. The number of hydrogen-bond acceptors (Lipinski definition) is 6. The Morgan fingerprint density at radius 3 is 2.63 bits per heavy atom. The summed E-state index contributed by atoms with van der Waals surface area (Å²) in [6.45, 7) is 1.77. The number of carboxylic acids is 1. The van der Waals surface area contributed by atoms with Crippen molar-refractivity contribution in [1.82, 2.24) is 10.2 Å². The molecule has 9 heteroatoms. The van der Waals surface area contributed by atoms with E-state index in [9.17, 15) is 19.5 Å². The maximum absolute atomic E-state index is 12.5. The second kappa shape index (κ2) is 9.07. The first-order valence-electron chi connectivity index (χ1n) is 8.08. The van der Waals surface area contributed by atoms with Crippen molar-refractivity contribution in [1.29, 1.82) is 0 Å². The van der Waals surface area contributed by atoms with Crippen molar-refractivity contribution in [2.45, 2.75) is 24.4 Å². The number of rotatable bonds is 5. The number of allylic oxidation sites excluding steroid dienone is 2. The van der Waals surface area contributed by atoms with Gasteiger partial charge < -0.3 is 21.0 Å². The number of nitrogens with two attached hydrogens (primary N) is 1. The van der Waals surface area contributed by atoms with Gasteiger partial charge in [0.2, 0.25) is 5.91 Å². The molecule has 3 atom stereocenters. The first-order valence-corrected chi connectivity index (χ1v) is 9.13. The summed E-state index contributed by atoms with van der Waals surface area (Å²) < 4.78 is 0. The van der Waals surface area contributed by atoms with E-state index < -0.39 is 35.2 Å². The summed E-state index contributed by atoms with van der Waals surface area (Å²) in [5.41, 5.74) is 6.98. The Hall–Kier alpha value is -1.58. The zero-order chi connectivity index (χ0) is 18.8. The average Bonchev–Trinajstić information content (AvgIpc) is 2.65. The molecular formula is C18H18N3NaO4S. The van der Waals surface area contributed by atoms with Crippen LogP contribution in [0.4, 0.5) is 0 Å². The molecule has 1 aromatic rings. The Balaban J connectivity index is 0.00000261. The minimum atomic E-state index is -1.40. The topological polar surface area (TPSA) is 116 Å². The van der Waals surface area contributed by atoms with Gasteiger partial charge in [0.15, 0.2) is 0 Å². The third kappa shape index (κ3) is 4.14. The predicted molar refractivity (Wildman–Crippen MR) is 95.2 cm³/mol. The molecule has 0 bridgehead atoms. The minimum Gasteiger partial charge on any atom is -0.543 e. The summed E-state index contributed by atoms with van der Waals surface area (Å²) in [5.74, 6) is -1.94. The van der Waals surface area contributed by atoms with Crippen LogP contribution in [0, 0.1) is 0 Å². The summed E-state index contributed by atoms with van der Waals surface area (Å²) in [7, 11) is 0. The number of aliphatic carboxylic acids is 1. The smallest absolute Gasteiger partial charge is 0.543 e. The van der Waals surface area contributed by atoms with E-state index in [4.69, 9.17) is 5.73 Å². The fourth-order valence-electron chi connectivity index (χ4n) is 3.02. The van der Waals surface area contributed by atoms with Gasteiger partial charge in [-0.2, -0.15) is 0 Å². The molecule has 0 aromatic heterocycles. The second-order valence-electron chi connectivity index (χ2n) is 5.95. The van der Waals surface area contributed by atoms with Crippen LogP contribution in [0.3, 0.4) is 0 Å². The predicted octanol–water partition coefficient (Wildman–Crippen LogP) is -3.33. The minimum absolute atomic E-state index is 0. The van der Waals surface area contributed by atoms with Crippen molar-refractivity contribution in [3.8, 4) is 0 Å². The Morgan fingerprint density at radius 2 is 2.04 bits per heavy atom. The number of nitrogens with zero attached hydrogens (tertiary/aromatic N) is 1. The molecule has 2 amide bonds. The van der Waals surface area contributed by atoms with E-state index in [0.29, 0.717) is 16.9 Å². The molecule has 3 rings (SSSR count). The molecule has 1 fully saturated rings. The molecule has 1 saturated heterocycles. The first-order chi connectivity index (χ1) is 12.5. The van der Waals surface area contributed by atoms with Crippen LogP contribution in [-0.4, -0.2) is 39.9 Å². The van der Waals surface area contributed by atoms with Gasteiger partial charge in [0.05, 0.1) is 11.7 Å². The molecule has 2 aliphatic heterocycles. The van der Waals surface area contributed by atoms with Gasteiger partial charge in [-0.1, -0.05) is 42.5 Å². The van der Waals surface area contributed by atoms with E-state index >= 15 is 0 Å². The van der Waals surface area contributed by atoms with Crippen molar-refractivity contribution in [3.63, 3.8) is 0 Å². The number of fused-ring (bicyclic) bond motifs is 1. The van der Waals surface area contributed by atoms with Gasteiger partial charge in [-0.25, -0.2) is 0 Å². The molecule has 0 saturated carbocycles. The SMILES string of the molecule is C/C=C\C1=C(C(=O)[O-])N2C(=O)[C@@H](NC(=O)C(N)c3ccccc3)[C@@H]2SC1.[Na+]. The second-order valence-corrected chi connectivity index (χ2v) is 7.05. The normalized spacial score (nSPS) is 22.6. The summed E-state index contributed by atoms with van der Waals surface area (Å²) in [6.07, 6.45) is 3.36. The van der Waals surface area contributed by atoms with Crippen molar-refractivity contribution in [2.24, 2.45) is 5.73 Å². The number of hydrogen-bond donors (Lipinski definition) is 2. The molecule has 7 nitrogen and oxygen atoms in total. The van der Waals surface area contributed by atoms with E-state index in [1.165, 1.54) is 16.7 Å². The molecule has 3 N–H and O–H groups in total. The summed E-state index contributed by atoms with van der Waals surface area (Å²) in [5, 5.41) is 13.6. The Morgan fingerprint density at radius 1 is 1.37 bits per heavy atom. The van der Waals surface area contributed by atoms with Crippen LogP contribution in [0.1, 0.15) is 18.5 Å². The Labute approximate surface area is 183 Å². The van der Waals surface area contributed by atoms with Gasteiger partial charge in [0.25, 0.3) is 5.91 Å². The molecule has 0 spiro atoms. The molecule has 27 heavy (non-hydrogen) atoms.